The number of halogens is 3. The fourth-order valence-corrected chi connectivity index (χ4v) is 9.91. The molecular formula is C46H53F3N6O5. The summed E-state index contributed by atoms with van der Waals surface area (Å²) in [6.45, 7) is 12.9. The number of nitrogens with one attached hydrogen (secondary N) is 2. The Balaban J connectivity index is 0.800. The average molecular weight is 827 g/mol. The molecule has 4 aliphatic rings. The number of ether oxygens (including phenoxy) is 1. The first-order valence-electron chi connectivity index (χ1n) is 20.9. The number of imide groups is 1. The molecule has 0 spiro atoms. The predicted octanol–water partition coefficient (Wildman–Crippen LogP) is 6.88. The first kappa shape index (κ1) is 42.7. The van der Waals surface area contributed by atoms with Gasteiger partial charge in [0.2, 0.25) is 11.8 Å². The molecule has 11 nitrogen and oxygen atoms in total. The number of alkyl halides is 3. The van der Waals surface area contributed by atoms with Crippen LogP contribution >= 0.6 is 0 Å². The summed E-state index contributed by atoms with van der Waals surface area (Å²) < 4.78 is 46.8. The molecule has 3 aliphatic heterocycles. The maximum Gasteiger partial charge on any atom is 0.417 e. The lowest BCUT2D eigenvalue weighted by atomic mass is 9.49. The van der Waals surface area contributed by atoms with Crippen molar-refractivity contribution in [2.75, 3.05) is 37.6 Å². The zero-order chi connectivity index (χ0) is 43.0. The zero-order valence-corrected chi connectivity index (χ0v) is 34.7. The van der Waals surface area contributed by atoms with Crippen LogP contribution in [0.5, 0.6) is 5.75 Å². The second-order valence-corrected chi connectivity index (χ2v) is 17.8. The van der Waals surface area contributed by atoms with E-state index in [4.69, 9.17) is 10.00 Å². The van der Waals surface area contributed by atoms with Gasteiger partial charge in [-0.2, -0.15) is 18.4 Å². The predicted molar refractivity (Wildman–Crippen MR) is 219 cm³/mol. The number of carbonyl (C=O) groups excluding carboxylic acids is 4. The van der Waals surface area contributed by atoms with Crippen LogP contribution < -0.4 is 20.3 Å². The van der Waals surface area contributed by atoms with Crippen molar-refractivity contribution in [3.05, 3.63) is 94.0 Å². The molecule has 2 N–H and O–H groups in total. The van der Waals surface area contributed by atoms with Gasteiger partial charge in [-0.15, -0.1) is 0 Å². The number of hydrogen-bond donors (Lipinski definition) is 2. The van der Waals surface area contributed by atoms with Crippen LogP contribution in [-0.4, -0.2) is 84.3 Å². The van der Waals surface area contributed by atoms with Crippen LogP contribution in [0.25, 0.3) is 0 Å². The summed E-state index contributed by atoms with van der Waals surface area (Å²) in [4.78, 5) is 56.9. The van der Waals surface area contributed by atoms with E-state index in [1.54, 1.807) is 11.0 Å². The van der Waals surface area contributed by atoms with E-state index in [0.29, 0.717) is 24.1 Å². The average Bonchev–Trinajstić information content (AvgIpc) is 3.54. The molecule has 0 unspecified atom stereocenters. The summed E-state index contributed by atoms with van der Waals surface area (Å²) in [7, 11) is 0. The molecule has 318 valence electrons. The first-order chi connectivity index (χ1) is 28.5. The highest BCUT2D eigenvalue weighted by molar-refractivity contribution is 6.05. The van der Waals surface area contributed by atoms with Gasteiger partial charge in [-0.1, -0.05) is 52.7 Å². The number of piperidine rings is 1. The third-order valence-electron chi connectivity index (χ3n) is 12.9. The van der Waals surface area contributed by atoms with Crippen molar-refractivity contribution >= 4 is 29.3 Å². The summed E-state index contributed by atoms with van der Waals surface area (Å²) in [6.07, 6.45) is 0.759. The van der Waals surface area contributed by atoms with E-state index in [0.717, 1.165) is 88.2 Å². The Morgan fingerprint density at radius 2 is 1.62 bits per heavy atom. The molecular weight excluding hydrogens is 774 g/mol. The van der Waals surface area contributed by atoms with Gasteiger partial charge in [-0.25, -0.2) is 0 Å². The van der Waals surface area contributed by atoms with Crippen molar-refractivity contribution in [2.24, 2.45) is 10.8 Å². The van der Waals surface area contributed by atoms with E-state index < -0.39 is 46.2 Å². The minimum atomic E-state index is -4.69. The van der Waals surface area contributed by atoms with Gasteiger partial charge in [-0.3, -0.25) is 29.4 Å². The Morgan fingerprint density at radius 1 is 0.917 bits per heavy atom. The lowest BCUT2D eigenvalue weighted by Crippen LogP contribution is -2.74. The number of amides is 4. The molecule has 3 fully saturated rings. The molecule has 60 heavy (non-hydrogen) atoms. The van der Waals surface area contributed by atoms with Crippen molar-refractivity contribution in [3.63, 3.8) is 0 Å². The Kier molecular flexibility index (Phi) is 12.0. The maximum absolute atomic E-state index is 13.6. The number of rotatable bonds is 13. The van der Waals surface area contributed by atoms with Crippen molar-refractivity contribution < 1.29 is 37.1 Å². The summed E-state index contributed by atoms with van der Waals surface area (Å²) >= 11 is 0. The minimum absolute atomic E-state index is 0.0282. The molecule has 7 rings (SSSR count). The number of anilines is 1. The quantitative estimate of drug-likeness (QED) is 0.141. The summed E-state index contributed by atoms with van der Waals surface area (Å²) in [5, 5.41) is 14.7. The maximum atomic E-state index is 13.6. The van der Waals surface area contributed by atoms with Gasteiger partial charge in [0.15, 0.2) is 0 Å². The number of nitrogens with zero attached hydrogens (tertiary/aromatic N) is 4. The van der Waals surface area contributed by atoms with Gasteiger partial charge in [0, 0.05) is 72.8 Å². The lowest BCUT2D eigenvalue weighted by Gasteiger charge is -2.63. The fraction of sp³-hybridized carbons (Fsp3) is 0.500. The molecule has 2 saturated heterocycles. The molecule has 3 aromatic carbocycles. The Labute approximate surface area is 349 Å². The number of piperazine rings is 1. The number of carbonyl (C=O) groups is 4. The molecule has 14 heteroatoms. The van der Waals surface area contributed by atoms with Gasteiger partial charge in [0.05, 0.1) is 17.2 Å². The van der Waals surface area contributed by atoms with Gasteiger partial charge in [0.1, 0.15) is 17.9 Å². The van der Waals surface area contributed by atoms with E-state index >= 15 is 0 Å². The second kappa shape index (κ2) is 16.9. The number of benzene rings is 3. The third-order valence-corrected chi connectivity index (χ3v) is 12.9. The van der Waals surface area contributed by atoms with Crippen LogP contribution in [0.4, 0.5) is 18.9 Å². The monoisotopic (exact) mass is 826 g/mol. The summed E-state index contributed by atoms with van der Waals surface area (Å²) in [6, 6.07) is 17.7. The zero-order valence-electron chi connectivity index (χ0n) is 34.7. The molecule has 3 aromatic rings. The van der Waals surface area contributed by atoms with Gasteiger partial charge >= 0.3 is 6.18 Å². The largest absolute Gasteiger partial charge is 0.489 e. The topological polar surface area (TPSA) is 135 Å². The van der Waals surface area contributed by atoms with E-state index in [2.05, 4.69) is 26.5 Å². The smallest absolute Gasteiger partial charge is 0.417 e. The normalized spacial score (nSPS) is 22.4. The van der Waals surface area contributed by atoms with Crippen LogP contribution in [0, 0.1) is 22.2 Å². The molecule has 3 heterocycles. The standard InChI is InChI=1S/C46H53F3N6O5/c1-44(2)42(45(3,4)43(44)60-34-16-14-31(27-50)36(26-34)46(47,48)49)52-39(57)30-12-10-29(11-13-30)9-7-5-6-8-20-53-21-23-54(24-22-53)33-15-17-35-32(25-33)28-55(41(35)59)37-18-19-38(56)51-40(37)58/h10-17,25-26,37,42-43H,5-9,18-24,28H2,1-4H3,(H,52,57)(H,51,56,58)/t37-,42?,43?/m1/s1. The lowest BCUT2D eigenvalue weighted by molar-refractivity contribution is -0.164. The number of nitriles is 1. The van der Waals surface area contributed by atoms with Crippen molar-refractivity contribution in [1.82, 2.24) is 20.4 Å². The van der Waals surface area contributed by atoms with Gasteiger partial charge < -0.3 is 19.9 Å². The van der Waals surface area contributed by atoms with Crippen molar-refractivity contribution in [1.29, 1.82) is 5.26 Å². The van der Waals surface area contributed by atoms with Crippen molar-refractivity contribution in [3.8, 4) is 11.8 Å². The van der Waals surface area contributed by atoms with Gasteiger partial charge in [-0.05, 0) is 91.9 Å². The SMILES string of the molecule is CC1(C)C(NC(=O)c2ccc(CCCCCCN3CCN(c4ccc5c(c4)CN([C@@H]4CCC(=O)NC4=O)C5=O)CC3)cc2)C(C)(C)C1Oc1ccc(C#N)c(C(F)(F)F)c1. The van der Waals surface area contributed by atoms with Crippen LogP contribution in [-0.2, 0) is 28.7 Å². The molecule has 0 bridgehead atoms. The number of hydrogen-bond acceptors (Lipinski definition) is 8. The molecule has 1 aliphatic carbocycles. The number of aryl methyl sites for hydroxylation is 1. The fourth-order valence-electron chi connectivity index (χ4n) is 9.91. The number of fused-ring (bicyclic) bond motifs is 1. The minimum Gasteiger partial charge on any atom is -0.489 e. The van der Waals surface area contributed by atoms with E-state index in [9.17, 15) is 32.3 Å². The second-order valence-electron chi connectivity index (χ2n) is 17.8. The van der Waals surface area contributed by atoms with Crippen LogP contribution in [0.15, 0.2) is 60.7 Å². The van der Waals surface area contributed by atoms with Crippen LogP contribution in [0.3, 0.4) is 0 Å². The third kappa shape index (κ3) is 8.73. The molecule has 0 radical (unpaired) electrons. The van der Waals surface area contributed by atoms with Gasteiger partial charge in [0.25, 0.3) is 11.8 Å². The van der Waals surface area contributed by atoms with Crippen LogP contribution in [0.2, 0.25) is 0 Å². The molecule has 1 saturated carbocycles. The first-order valence-corrected chi connectivity index (χ1v) is 20.9. The molecule has 0 aromatic heterocycles. The highest BCUT2D eigenvalue weighted by Gasteiger charge is 2.64. The Bertz CT molecular complexity index is 2160. The number of unbranched alkanes of at least 4 members (excludes halogenated alkanes) is 3. The van der Waals surface area contributed by atoms with E-state index in [1.807, 2.05) is 64.1 Å². The molecule has 4 amide bonds. The van der Waals surface area contributed by atoms with E-state index in [-0.39, 0.29) is 35.9 Å². The summed E-state index contributed by atoms with van der Waals surface area (Å²) in [5.41, 5.74) is 1.68. The Morgan fingerprint density at radius 3 is 2.28 bits per heavy atom. The Hall–Kier alpha value is -5.42. The summed E-state index contributed by atoms with van der Waals surface area (Å²) in [5.74, 6) is -1.03. The highest BCUT2D eigenvalue weighted by Crippen LogP contribution is 2.55. The van der Waals surface area contributed by atoms with Crippen LogP contribution in [0.1, 0.15) is 109 Å². The van der Waals surface area contributed by atoms with Crippen molar-refractivity contribution in [2.45, 2.75) is 104 Å². The van der Waals surface area contributed by atoms with E-state index in [1.165, 1.54) is 11.6 Å². The highest BCUT2D eigenvalue weighted by atomic mass is 19.4. The molecule has 1 atom stereocenters.